The smallest absolute Gasteiger partial charge is 0.231 e. The number of halogens is 1. The van der Waals surface area contributed by atoms with Gasteiger partial charge < -0.3 is 9.84 Å². The number of nitrogens with one attached hydrogen (secondary N) is 1. The molecule has 1 aliphatic heterocycles. The van der Waals surface area contributed by atoms with Gasteiger partial charge in [-0.25, -0.2) is 4.39 Å². The zero-order valence-electron chi connectivity index (χ0n) is 9.90. The summed E-state index contributed by atoms with van der Waals surface area (Å²) >= 11 is 0. The van der Waals surface area contributed by atoms with Crippen LogP contribution in [0.5, 0.6) is 0 Å². The van der Waals surface area contributed by atoms with E-state index in [2.05, 4.69) is 15.5 Å². The van der Waals surface area contributed by atoms with Gasteiger partial charge in [-0.3, -0.25) is 0 Å². The van der Waals surface area contributed by atoms with Crippen LogP contribution in [-0.2, 0) is 6.42 Å². The first kappa shape index (κ1) is 11.3. The van der Waals surface area contributed by atoms with Crippen molar-refractivity contribution in [2.75, 3.05) is 13.1 Å². The lowest BCUT2D eigenvalue weighted by Gasteiger charge is -1.99. The first-order valence-corrected chi connectivity index (χ1v) is 6.09. The molecule has 2 heterocycles. The van der Waals surface area contributed by atoms with Gasteiger partial charge in [-0.1, -0.05) is 17.3 Å². The van der Waals surface area contributed by atoms with Crippen LogP contribution in [0.4, 0.5) is 4.39 Å². The zero-order valence-corrected chi connectivity index (χ0v) is 9.90. The summed E-state index contributed by atoms with van der Waals surface area (Å²) < 4.78 is 18.3. The van der Waals surface area contributed by atoms with Crippen LogP contribution < -0.4 is 5.32 Å². The fraction of sp³-hybridized carbons (Fsp3) is 0.385. The van der Waals surface area contributed by atoms with Crippen molar-refractivity contribution in [1.82, 2.24) is 15.5 Å². The quantitative estimate of drug-likeness (QED) is 0.899. The van der Waals surface area contributed by atoms with E-state index in [0.717, 1.165) is 30.9 Å². The molecule has 3 rings (SSSR count). The van der Waals surface area contributed by atoms with Crippen LogP contribution in [-0.4, -0.2) is 23.2 Å². The van der Waals surface area contributed by atoms with Crippen LogP contribution in [0.25, 0.3) is 0 Å². The third kappa shape index (κ3) is 2.41. The van der Waals surface area contributed by atoms with Crippen molar-refractivity contribution in [2.45, 2.75) is 18.8 Å². The molecule has 0 saturated carbocycles. The molecular formula is C13H14FN3O. The topological polar surface area (TPSA) is 51.0 Å². The van der Waals surface area contributed by atoms with Gasteiger partial charge in [-0.2, -0.15) is 4.98 Å². The van der Waals surface area contributed by atoms with E-state index in [1.165, 1.54) is 12.1 Å². The number of rotatable bonds is 3. The SMILES string of the molecule is Fc1cccc(Cc2nc(C3CCNC3)no2)c1. The molecule has 18 heavy (non-hydrogen) atoms. The Morgan fingerprint density at radius 3 is 3.17 bits per heavy atom. The monoisotopic (exact) mass is 247 g/mol. The molecule has 2 aromatic rings. The lowest BCUT2D eigenvalue weighted by atomic mass is 10.1. The summed E-state index contributed by atoms with van der Waals surface area (Å²) in [6.45, 7) is 1.90. The molecule has 4 nitrogen and oxygen atoms in total. The Kier molecular flexibility index (Phi) is 3.06. The van der Waals surface area contributed by atoms with Gasteiger partial charge in [-0.05, 0) is 30.7 Å². The van der Waals surface area contributed by atoms with E-state index in [0.29, 0.717) is 18.2 Å². The Morgan fingerprint density at radius 1 is 1.44 bits per heavy atom. The molecule has 5 heteroatoms. The largest absolute Gasteiger partial charge is 0.339 e. The second-order valence-corrected chi connectivity index (χ2v) is 4.54. The first-order chi connectivity index (χ1) is 8.81. The van der Waals surface area contributed by atoms with Crippen LogP contribution in [0.2, 0.25) is 0 Å². The normalized spacial score (nSPS) is 19.3. The summed E-state index contributed by atoms with van der Waals surface area (Å²) in [6.07, 6.45) is 1.52. The minimum Gasteiger partial charge on any atom is -0.339 e. The maximum absolute atomic E-state index is 13.0. The van der Waals surface area contributed by atoms with Crippen molar-refractivity contribution < 1.29 is 8.91 Å². The van der Waals surface area contributed by atoms with E-state index in [-0.39, 0.29) is 5.82 Å². The summed E-state index contributed by atoms with van der Waals surface area (Å²) in [5.74, 6) is 1.40. The summed E-state index contributed by atoms with van der Waals surface area (Å²) in [6, 6.07) is 6.45. The molecule has 0 amide bonds. The highest BCUT2D eigenvalue weighted by atomic mass is 19.1. The van der Waals surface area contributed by atoms with Crippen molar-refractivity contribution in [3.8, 4) is 0 Å². The standard InChI is InChI=1S/C13H14FN3O/c14-11-3-1-2-9(6-11)7-12-16-13(17-18-12)10-4-5-15-8-10/h1-3,6,10,15H,4-5,7-8H2. The second-order valence-electron chi connectivity index (χ2n) is 4.54. The van der Waals surface area contributed by atoms with Gasteiger partial charge >= 0.3 is 0 Å². The highest BCUT2D eigenvalue weighted by Crippen LogP contribution is 2.20. The van der Waals surface area contributed by atoms with E-state index < -0.39 is 0 Å². The van der Waals surface area contributed by atoms with Crippen molar-refractivity contribution in [3.63, 3.8) is 0 Å². The predicted molar refractivity (Wildman–Crippen MR) is 63.7 cm³/mol. The third-order valence-corrected chi connectivity index (χ3v) is 3.15. The van der Waals surface area contributed by atoms with Crippen molar-refractivity contribution in [3.05, 3.63) is 47.4 Å². The molecule has 1 saturated heterocycles. The lowest BCUT2D eigenvalue weighted by Crippen LogP contribution is -2.08. The highest BCUT2D eigenvalue weighted by molar-refractivity contribution is 5.19. The predicted octanol–water partition coefficient (Wildman–Crippen LogP) is 1.88. The molecular weight excluding hydrogens is 233 g/mol. The van der Waals surface area contributed by atoms with Crippen LogP contribution >= 0.6 is 0 Å². The average molecular weight is 247 g/mol. The average Bonchev–Trinajstić information content (AvgIpc) is 2.98. The highest BCUT2D eigenvalue weighted by Gasteiger charge is 2.21. The molecule has 0 aliphatic carbocycles. The van der Waals surface area contributed by atoms with Gasteiger partial charge in [-0.15, -0.1) is 0 Å². The number of aromatic nitrogens is 2. The van der Waals surface area contributed by atoms with Crippen LogP contribution in [0, 0.1) is 5.82 Å². The van der Waals surface area contributed by atoms with Crippen LogP contribution in [0.15, 0.2) is 28.8 Å². The van der Waals surface area contributed by atoms with Crippen molar-refractivity contribution in [2.24, 2.45) is 0 Å². The van der Waals surface area contributed by atoms with Crippen LogP contribution in [0.3, 0.4) is 0 Å². The van der Waals surface area contributed by atoms with Crippen molar-refractivity contribution in [1.29, 1.82) is 0 Å². The number of hydrogen-bond donors (Lipinski definition) is 1. The third-order valence-electron chi connectivity index (χ3n) is 3.15. The van der Waals surface area contributed by atoms with Gasteiger partial charge in [0.1, 0.15) is 5.82 Å². The molecule has 94 valence electrons. The molecule has 1 atom stereocenters. The molecule has 1 aliphatic rings. The Labute approximate surface area is 104 Å². The van der Waals surface area contributed by atoms with E-state index in [4.69, 9.17) is 4.52 Å². The second kappa shape index (κ2) is 4.86. The molecule has 1 N–H and O–H groups in total. The maximum Gasteiger partial charge on any atom is 0.231 e. The fourth-order valence-corrected chi connectivity index (χ4v) is 2.20. The lowest BCUT2D eigenvalue weighted by molar-refractivity contribution is 0.376. The Hall–Kier alpha value is -1.75. The minimum atomic E-state index is -0.243. The summed E-state index contributed by atoms with van der Waals surface area (Å²) in [4.78, 5) is 4.38. The Bertz CT molecular complexity index is 535. The van der Waals surface area contributed by atoms with Gasteiger partial charge in [0.15, 0.2) is 5.82 Å². The first-order valence-electron chi connectivity index (χ1n) is 6.09. The van der Waals surface area contributed by atoms with E-state index >= 15 is 0 Å². The van der Waals surface area contributed by atoms with E-state index in [1.54, 1.807) is 6.07 Å². The zero-order chi connectivity index (χ0) is 12.4. The van der Waals surface area contributed by atoms with Gasteiger partial charge in [0, 0.05) is 12.5 Å². The summed E-state index contributed by atoms with van der Waals surface area (Å²) in [5.41, 5.74) is 0.842. The molecule has 0 radical (unpaired) electrons. The number of hydrogen-bond acceptors (Lipinski definition) is 4. The maximum atomic E-state index is 13.0. The molecule has 1 aromatic heterocycles. The molecule has 1 aromatic carbocycles. The molecule has 0 spiro atoms. The van der Waals surface area contributed by atoms with Gasteiger partial charge in [0.25, 0.3) is 0 Å². The molecule has 1 unspecified atom stereocenters. The van der Waals surface area contributed by atoms with E-state index in [1.807, 2.05) is 6.07 Å². The van der Waals surface area contributed by atoms with Gasteiger partial charge in [0.2, 0.25) is 5.89 Å². The molecule has 0 bridgehead atoms. The molecule has 1 fully saturated rings. The van der Waals surface area contributed by atoms with E-state index in [9.17, 15) is 4.39 Å². The summed E-state index contributed by atoms with van der Waals surface area (Å²) in [7, 11) is 0. The number of nitrogens with zero attached hydrogens (tertiary/aromatic N) is 2. The van der Waals surface area contributed by atoms with Gasteiger partial charge in [0.05, 0.1) is 6.42 Å². The Morgan fingerprint density at radius 2 is 2.39 bits per heavy atom. The fourth-order valence-electron chi connectivity index (χ4n) is 2.20. The number of benzene rings is 1. The van der Waals surface area contributed by atoms with Crippen LogP contribution in [0.1, 0.15) is 29.6 Å². The summed E-state index contributed by atoms with van der Waals surface area (Å²) in [5, 5.41) is 7.26. The minimum absolute atomic E-state index is 0.243. The Balaban J connectivity index is 1.73. The van der Waals surface area contributed by atoms with Crippen molar-refractivity contribution >= 4 is 0 Å².